The van der Waals surface area contributed by atoms with Gasteiger partial charge < -0.3 is 0 Å². The molecule has 0 unspecified atom stereocenters. The Kier molecular flexibility index (Phi) is 8.60. The summed E-state index contributed by atoms with van der Waals surface area (Å²) in [4.78, 5) is 0. The van der Waals surface area contributed by atoms with E-state index < -0.39 is 0 Å². The van der Waals surface area contributed by atoms with Gasteiger partial charge in [0.25, 0.3) is 0 Å². The third-order valence-corrected chi connectivity index (χ3v) is 3.78. The summed E-state index contributed by atoms with van der Waals surface area (Å²) in [7, 11) is 0. The number of hydrogen-bond donors (Lipinski definition) is 0. The Labute approximate surface area is 152 Å². The Morgan fingerprint density at radius 3 is 1.12 bits per heavy atom. The second-order valence-electron chi connectivity index (χ2n) is 5.83. The highest BCUT2D eigenvalue weighted by Crippen LogP contribution is 2.03. The lowest BCUT2D eigenvalue weighted by Crippen LogP contribution is -1.81. The first-order chi connectivity index (χ1) is 12.4. The third kappa shape index (κ3) is 7.99. The Morgan fingerprint density at radius 2 is 0.800 bits per heavy atom. The molecule has 126 valence electrons. The minimum Gasteiger partial charge on any atom is -0.103 e. The summed E-state index contributed by atoms with van der Waals surface area (Å²) in [5.41, 5.74) is 4.06. The van der Waals surface area contributed by atoms with Crippen LogP contribution in [0.4, 0.5) is 0 Å². The molecule has 0 spiro atoms. The van der Waals surface area contributed by atoms with Crippen LogP contribution in [-0.2, 0) is 19.3 Å². The van der Waals surface area contributed by atoms with E-state index in [1.54, 1.807) is 0 Å². The lowest BCUT2D eigenvalue weighted by Gasteiger charge is -1.96. The molecule has 3 aromatic rings. The fourth-order valence-corrected chi connectivity index (χ4v) is 2.45. The van der Waals surface area contributed by atoms with Gasteiger partial charge in [0.1, 0.15) is 0 Å². The smallest absolute Gasteiger partial charge is 0.00973 e. The molecule has 0 saturated carbocycles. The number of hydrogen-bond acceptors (Lipinski definition) is 0. The van der Waals surface area contributed by atoms with E-state index in [2.05, 4.69) is 91.5 Å². The summed E-state index contributed by atoms with van der Waals surface area (Å²) in [5.74, 6) is 0. The first-order valence-electron chi connectivity index (χ1n) is 8.76. The quantitative estimate of drug-likeness (QED) is 0.457. The minimum atomic E-state index is 0.973. The fraction of sp³-hybridized carbons (Fsp3) is 0.120. The fourth-order valence-electron chi connectivity index (χ4n) is 2.45. The molecule has 0 heteroatoms. The Morgan fingerprint density at radius 1 is 0.480 bits per heavy atom. The molecule has 0 aliphatic carbocycles. The molecule has 0 heterocycles. The van der Waals surface area contributed by atoms with Gasteiger partial charge in [-0.1, -0.05) is 109 Å². The van der Waals surface area contributed by atoms with Crippen molar-refractivity contribution in [2.24, 2.45) is 0 Å². The molecule has 0 bridgehead atoms. The van der Waals surface area contributed by atoms with Gasteiger partial charge in [-0.25, -0.2) is 0 Å². The van der Waals surface area contributed by atoms with E-state index in [1.165, 1.54) is 16.7 Å². The van der Waals surface area contributed by atoms with Gasteiger partial charge in [0.15, 0.2) is 0 Å². The predicted octanol–water partition coefficient (Wildman–Crippen LogP) is 6.44. The van der Waals surface area contributed by atoms with E-state index in [4.69, 9.17) is 0 Å². The maximum Gasteiger partial charge on any atom is -0.00973 e. The zero-order valence-corrected chi connectivity index (χ0v) is 14.7. The van der Waals surface area contributed by atoms with Crippen LogP contribution in [0, 0.1) is 0 Å². The molecule has 0 aliphatic rings. The number of benzene rings is 3. The first-order valence-corrected chi connectivity index (χ1v) is 8.76. The van der Waals surface area contributed by atoms with Crippen molar-refractivity contribution in [3.63, 3.8) is 0 Å². The van der Waals surface area contributed by atoms with Crippen molar-refractivity contribution in [3.05, 3.63) is 132 Å². The zero-order chi connectivity index (χ0) is 17.6. The molecular weight excluding hydrogens is 300 g/mol. The largest absolute Gasteiger partial charge is 0.103 e. The third-order valence-electron chi connectivity index (χ3n) is 3.78. The van der Waals surface area contributed by atoms with Crippen LogP contribution >= 0.6 is 0 Å². The molecule has 0 radical (unpaired) electrons. The maximum absolute atomic E-state index is 3.66. The predicted molar refractivity (Wildman–Crippen MR) is 110 cm³/mol. The second kappa shape index (κ2) is 11.6. The molecule has 0 aliphatic heterocycles. The summed E-state index contributed by atoms with van der Waals surface area (Å²) < 4.78 is 0. The van der Waals surface area contributed by atoms with Gasteiger partial charge in [-0.05, 0) is 36.0 Å². The minimum absolute atomic E-state index is 0.973. The highest BCUT2D eigenvalue weighted by atomic mass is 13.9. The Bertz CT molecular complexity index is 681. The normalized spacial score (nSPS) is 10.1. The average molecular weight is 326 g/mol. The highest BCUT2D eigenvalue weighted by molar-refractivity contribution is 5.20. The monoisotopic (exact) mass is 326 g/mol. The molecule has 0 aromatic heterocycles. The van der Waals surface area contributed by atoms with Crippen molar-refractivity contribution in [1.82, 2.24) is 0 Å². The van der Waals surface area contributed by atoms with Gasteiger partial charge in [0, 0.05) is 0 Å². The van der Waals surface area contributed by atoms with Crippen LogP contribution in [-0.4, -0.2) is 0 Å². The molecule has 0 fully saturated rings. The molecule has 3 rings (SSSR count). The Hall–Kier alpha value is -2.86. The summed E-state index contributed by atoms with van der Waals surface area (Å²) in [6.07, 6.45) is 9.40. The summed E-state index contributed by atoms with van der Waals surface area (Å²) >= 11 is 0. The van der Waals surface area contributed by atoms with Gasteiger partial charge in [0.05, 0.1) is 0 Å². The van der Waals surface area contributed by atoms with Crippen LogP contribution in [0.5, 0.6) is 0 Å². The SMILES string of the molecule is C(=C\Cc1ccccc1)/Cc1ccccc1.C=CCc1ccccc1. The van der Waals surface area contributed by atoms with E-state index in [0.717, 1.165) is 19.3 Å². The molecule has 0 nitrogen and oxygen atoms in total. The lowest BCUT2D eigenvalue weighted by molar-refractivity contribution is 1.21. The van der Waals surface area contributed by atoms with Crippen LogP contribution in [0.2, 0.25) is 0 Å². The molecule has 0 atom stereocenters. The molecule has 0 N–H and O–H groups in total. The van der Waals surface area contributed by atoms with E-state index in [-0.39, 0.29) is 0 Å². The molecule has 0 amide bonds. The highest BCUT2D eigenvalue weighted by Gasteiger charge is 1.87. The maximum atomic E-state index is 3.66. The van der Waals surface area contributed by atoms with E-state index in [9.17, 15) is 0 Å². The van der Waals surface area contributed by atoms with Gasteiger partial charge in [-0.15, -0.1) is 6.58 Å². The van der Waals surface area contributed by atoms with Crippen LogP contribution in [0.3, 0.4) is 0 Å². The average Bonchev–Trinajstić information content (AvgIpc) is 2.69. The molecule has 0 saturated heterocycles. The van der Waals surface area contributed by atoms with Crippen LogP contribution in [0.25, 0.3) is 0 Å². The van der Waals surface area contributed by atoms with Crippen molar-refractivity contribution in [1.29, 1.82) is 0 Å². The van der Waals surface area contributed by atoms with Crippen molar-refractivity contribution in [2.75, 3.05) is 0 Å². The number of rotatable bonds is 6. The second-order valence-corrected chi connectivity index (χ2v) is 5.83. The summed E-state index contributed by atoms with van der Waals surface area (Å²) in [5, 5.41) is 0. The van der Waals surface area contributed by atoms with Crippen molar-refractivity contribution in [3.8, 4) is 0 Å². The zero-order valence-electron chi connectivity index (χ0n) is 14.7. The summed E-state index contributed by atoms with van der Waals surface area (Å²) in [6, 6.07) is 31.4. The van der Waals surface area contributed by atoms with Crippen LogP contribution in [0.1, 0.15) is 16.7 Å². The van der Waals surface area contributed by atoms with E-state index >= 15 is 0 Å². The van der Waals surface area contributed by atoms with Gasteiger partial charge in [-0.2, -0.15) is 0 Å². The van der Waals surface area contributed by atoms with Gasteiger partial charge >= 0.3 is 0 Å². The van der Waals surface area contributed by atoms with E-state index in [1.807, 2.05) is 24.3 Å². The van der Waals surface area contributed by atoms with Crippen molar-refractivity contribution in [2.45, 2.75) is 19.3 Å². The number of allylic oxidation sites excluding steroid dienone is 3. The molecule has 3 aromatic carbocycles. The van der Waals surface area contributed by atoms with Crippen molar-refractivity contribution >= 4 is 0 Å². The molecule has 25 heavy (non-hydrogen) atoms. The lowest BCUT2D eigenvalue weighted by atomic mass is 10.1. The molecular formula is C25H26. The van der Waals surface area contributed by atoms with Gasteiger partial charge in [-0.3, -0.25) is 0 Å². The summed E-state index contributed by atoms with van der Waals surface area (Å²) in [6.45, 7) is 3.66. The standard InChI is InChI=1S/C16H16.C9H10/c1-3-9-15(10-4-1)13-7-8-14-16-11-5-2-6-12-16;1-2-6-9-7-4-3-5-8-9/h1-12H,13-14H2;2-5,7-8H,1,6H2/b8-7+;. The topological polar surface area (TPSA) is 0 Å². The van der Waals surface area contributed by atoms with Gasteiger partial charge in [0.2, 0.25) is 0 Å². The Balaban J connectivity index is 0.000000212. The first kappa shape index (κ1) is 18.5. The van der Waals surface area contributed by atoms with Crippen LogP contribution in [0.15, 0.2) is 116 Å². The van der Waals surface area contributed by atoms with Crippen molar-refractivity contribution < 1.29 is 0 Å². The van der Waals surface area contributed by atoms with Crippen LogP contribution < -0.4 is 0 Å². The van der Waals surface area contributed by atoms with E-state index in [0.29, 0.717) is 0 Å².